The normalized spacial score (nSPS) is 22.8. The summed E-state index contributed by atoms with van der Waals surface area (Å²) in [5.41, 5.74) is 3.59. The maximum atomic E-state index is 12.9. The molecule has 1 saturated heterocycles. The summed E-state index contributed by atoms with van der Waals surface area (Å²) >= 11 is 0. The van der Waals surface area contributed by atoms with Gasteiger partial charge in [0, 0.05) is 31.5 Å². The van der Waals surface area contributed by atoms with Crippen molar-refractivity contribution in [3.63, 3.8) is 0 Å². The largest absolute Gasteiger partial charge is 0.394 e. The molecule has 3 atom stereocenters. The van der Waals surface area contributed by atoms with E-state index in [1.54, 1.807) is 23.9 Å². The quantitative estimate of drug-likeness (QED) is 0.786. The van der Waals surface area contributed by atoms with Gasteiger partial charge in [0.1, 0.15) is 6.04 Å². The van der Waals surface area contributed by atoms with Crippen LogP contribution < -0.4 is 0 Å². The number of nitrogens with zero attached hydrogens (tertiary/aromatic N) is 3. The second-order valence-electron chi connectivity index (χ2n) is 8.98. The molecular weight excluding hydrogens is 402 g/mol. The highest BCUT2D eigenvalue weighted by atomic mass is 16.3. The molecule has 1 aliphatic heterocycles. The fourth-order valence-corrected chi connectivity index (χ4v) is 5.06. The zero-order valence-corrected chi connectivity index (χ0v) is 18.6. The molecule has 1 N–H and O–H groups in total. The van der Waals surface area contributed by atoms with Crippen LogP contribution in [0.1, 0.15) is 47.5 Å². The Kier molecular flexibility index (Phi) is 6.29. The van der Waals surface area contributed by atoms with Crippen LogP contribution >= 0.6 is 0 Å². The number of hydrogen-bond acceptors (Lipinski definition) is 4. The number of carbonyl (C=O) groups excluding carboxylic acids is 2. The lowest BCUT2D eigenvalue weighted by atomic mass is 9.74. The number of aliphatic hydroxyl groups excluding tert-OH is 1. The van der Waals surface area contributed by atoms with E-state index >= 15 is 0 Å². The Bertz CT molecular complexity index is 1020. The van der Waals surface area contributed by atoms with Crippen LogP contribution in [-0.4, -0.2) is 59.5 Å². The van der Waals surface area contributed by atoms with Crippen molar-refractivity contribution in [3.8, 4) is 17.2 Å². The third-order valence-corrected chi connectivity index (χ3v) is 6.86. The van der Waals surface area contributed by atoms with E-state index in [0.29, 0.717) is 5.56 Å². The van der Waals surface area contributed by atoms with Crippen molar-refractivity contribution >= 4 is 11.8 Å². The first kappa shape index (κ1) is 22.0. The first-order valence-corrected chi connectivity index (χ1v) is 11.2. The summed E-state index contributed by atoms with van der Waals surface area (Å²) in [4.78, 5) is 28.2. The van der Waals surface area contributed by atoms with Gasteiger partial charge in [-0.1, -0.05) is 49.2 Å². The Labute approximate surface area is 189 Å². The Morgan fingerprint density at radius 3 is 2.09 bits per heavy atom. The van der Waals surface area contributed by atoms with E-state index in [2.05, 4.69) is 6.07 Å². The number of amides is 2. The molecule has 1 saturated carbocycles. The molecule has 6 nitrogen and oxygen atoms in total. The summed E-state index contributed by atoms with van der Waals surface area (Å²) in [5, 5.41) is 19.8. The zero-order chi connectivity index (χ0) is 22.8. The first-order valence-electron chi connectivity index (χ1n) is 11.2. The lowest BCUT2D eigenvalue weighted by molar-refractivity contribution is -0.151. The van der Waals surface area contributed by atoms with Crippen LogP contribution in [-0.2, 0) is 4.79 Å². The molecule has 0 unspecified atom stereocenters. The molecular formula is C26H29N3O3. The molecule has 166 valence electrons. The number of benzene rings is 2. The monoisotopic (exact) mass is 431 g/mol. The van der Waals surface area contributed by atoms with Gasteiger partial charge in [-0.25, -0.2) is 0 Å². The smallest absolute Gasteiger partial charge is 0.253 e. The fraction of sp³-hybridized carbons (Fsp3) is 0.423. The summed E-state index contributed by atoms with van der Waals surface area (Å²) in [5.74, 6) is -0.213. The highest BCUT2D eigenvalue weighted by Gasteiger charge is 2.52. The van der Waals surface area contributed by atoms with Gasteiger partial charge in [0.05, 0.1) is 18.7 Å². The van der Waals surface area contributed by atoms with Gasteiger partial charge in [-0.05, 0) is 41.7 Å². The summed E-state index contributed by atoms with van der Waals surface area (Å²) < 4.78 is 0. The summed E-state index contributed by atoms with van der Waals surface area (Å²) in [6.07, 6.45) is 3.87. The number of rotatable bonds is 5. The van der Waals surface area contributed by atoms with Crippen molar-refractivity contribution in [2.45, 2.75) is 43.7 Å². The standard InChI is InChI=1S/C26H29N3O3/c1-28(2)25(31)21-13-9-18(10-14-21)17-7-11-19(12-8-17)24-22(15-27)29(23(24)16-30)26(32)20-5-3-4-6-20/h7-14,20,22-24,30H,3-6,16H2,1-2H3/t22-,23+,24-/m0/s1. The van der Waals surface area contributed by atoms with Crippen LogP contribution in [0.4, 0.5) is 0 Å². The summed E-state index contributed by atoms with van der Waals surface area (Å²) in [7, 11) is 3.46. The predicted octanol–water partition coefficient (Wildman–Crippen LogP) is 3.42. The number of hydrogen-bond donors (Lipinski definition) is 1. The highest BCUT2D eigenvalue weighted by Crippen LogP contribution is 2.43. The summed E-state index contributed by atoms with van der Waals surface area (Å²) in [6, 6.07) is 16.8. The average molecular weight is 432 g/mol. The molecule has 1 heterocycles. The third kappa shape index (κ3) is 3.89. The Balaban J connectivity index is 1.51. The van der Waals surface area contributed by atoms with E-state index in [-0.39, 0.29) is 36.3 Å². The lowest BCUT2D eigenvalue weighted by Crippen LogP contribution is -2.66. The van der Waals surface area contributed by atoms with Crippen LogP contribution in [0.5, 0.6) is 0 Å². The predicted molar refractivity (Wildman–Crippen MR) is 122 cm³/mol. The van der Waals surface area contributed by atoms with E-state index in [9.17, 15) is 20.0 Å². The number of aliphatic hydroxyl groups is 1. The maximum absolute atomic E-state index is 12.9. The van der Waals surface area contributed by atoms with Gasteiger partial charge in [-0.2, -0.15) is 5.26 Å². The van der Waals surface area contributed by atoms with Crippen molar-refractivity contribution in [1.29, 1.82) is 5.26 Å². The first-order chi connectivity index (χ1) is 15.5. The van der Waals surface area contributed by atoms with Crippen molar-refractivity contribution in [1.82, 2.24) is 9.80 Å². The molecule has 2 amide bonds. The minimum Gasteiger partial charge on any atom is -0.394 e. The number of nitriles is 1. The number of likely N-dealkylation sites (tertiary alicyclic amines) is 1. The van der Waals surface area contributed by atoms with Crippen LogP contribution in [0.25, 0.3) is 11.1 Å². The van der Waals surface area contributed by atoms with E-state index in [0.717, 1.165) is 42.4 Å². The molecule has 0 aromatic heterocycles. The van der Waals surface area contributed by atoms with Crippen LogP contribution in [0.15, 0.2) is 48.5 Å². The second kappa shape index (κ2) is 9.13. The number of carbonyl (C=O) groups is 2. The van der Waals surface area contributed by atoms with Gasteiger partial charge in [-0.15, -0.1) is 0 Å². The van der Waals surface area contributed by atoms with Gasteiger partial charge >= 0.3 is 0 Å². The van der Waals surface area contributed by atoms with Crippen molar-refractivity contribution in [3.05, 3.63) is 59.7 Å². The SMILES string of the molecule is CN(C)C(=O)c1ccc(-c2ccc([C@@H]3[C@@H](CO)N(C(=O)C4CCCC4)[C@H]3C#N)cc2)cc1. The molecule has 32 heavy (non-hydrogen) atoms. The molecule has 2 aromatic rings. The van der Waals surface area contributed by atoms with Crippen LogP contribution in [0.3, 0.4) is 0 Å². The van der Waals surface area contributed by atoms with E-state index < -0.39 is 6.04 Å². The Morgan fingerprint density at radius 2 is 1.59 bits per heavy atom. The average Bonchev–Trinajstić information content (AvgIpc) is 3.34. The highest BCUT2D eigenvalue weighted by molar-refractivity contribution is 5.94. The molecule has 6 heteroatoms. The van der Waals surface area contributed by atoms with Gasteiger partial charge < -0.3 is 14.9 Å². The second-order valence-corrected chi connectivity index (χ2v) is 8.98. The topological polar surface area (TPSA) is 84.6 Å². The summed E-state index contributed by atoms with van der Waals surface area (Å²) in [6.45, 7) is -0.148. The molecule has 0 radical (unpaired) electrons. The van der Waals surface area contributed by atoms with Crippen LogP contribution in [0, 0.1) is 17.2 Å². The van der Waals surface area contributed by atoms with Crippen molar-refractivity contribution < 1.29 is 14.7 Å². The van der Waals surface area contributed by atoms with Gasteiger partial charge in [0.25, 0.3) is 5.91 Å². The molecule has 1 aliphatic carbocycles. The molecule has 4 rings (SSSR count). The minimum atomic E-state index is -0.539. The minimum absolute atomic E-state index is 0.00873. The molecule has 2 aliphatic rings. The van der Waals surface area contributed by atoms with Crippen molar-refractivity contribution in [2.75, 3.05) is 20.7 Å². The Hall–Kier alpha value is -3.17. The van der Waals surface area contributed by atoms with Gasteiger partial charge in [0.2, 0.25) is 5.91 Å². The lowest BCUT2D eigenvalue weighted by Gasteiger charge is -2.52. The van der Waals surface area contributed by atoms with Crippen molar-refractivity contribution in [2.24, 2.45) is 5.92 Å². The van der Waals surface area contributed by atoms with E-state index in [4.69, 9.17) is 0 Å². The molecule has 2 aromatic carbocycles. The molecule has 0 spiro atoms. The zero-order valence-electron chi connectivity index (χ0n) is 18.6. The van der Waals surface area contributed by atoms with Gasteiger partial charge in [-0.3, -0.25) is 9.59 Å². The van der Waals surface area contributed by atoms with E-state index in [1.165, 1.54) is 0 Å². The van der Waals surface area contributed by atoms with Gasteiger partial charge in [0.15, 0.2) is 0 Å². The molecule has 2 fully saturated rings. The fourth-order valence-electron chi connectivity index (χ4n) is 5.06. The Morgan fingerprint density at radius 1 is 1.03 bits per heavy atom. The van der Waals surface area contributed by atoms with Crippen LogP contribution in [0.2, 0.25) is 0 Å². The maximum Gasteiger partial charge on any atom is 0.253 e. The third-order valence-electron chi connectivity index (χ3n) is 6.86. The molecule has 0 bridgehead atoms. The van der Waals surface area contributed by atoms with E-state index in [1.807, 2.05) is 48.5 Å².